The van der Waals surface area contributed by atoms with Gasteiger partial charge < -0.3 is 13.9 Å². The minimum absolute atomic E-state index is 0.155. The van der Waals surface area contributed by atoms with Crippen LogP contribution in [0.5, 0.6) is 0 Å². The highest BCUT2D eigenvalue weighted by molar-refractivity contribution is 7.54. The van der Waals surface area contributed by atoms with Crippen molar-refractivity contribution in [2.75, 3.05) is 26.3 Å². The Hall–Kier alpha value is -1.10. The molecule has 1 aliphatic carbocycles. The summed E-state index contributed by atoms with van der Waals surface area (Å²) in [5.41, 5.74) is 1.24. The highest BCUT2D eigenvalue weighted by atomic mass is 31.2. The number of allylic oxidation sites excluding steroid dienone is 1. The summed E-state index contributed by atoms with van der Waals surface area (Å²) in [6.45, 7) is 8.59. The Balaban J connectivity index is 2.31. The number of amides is 2. The maximum absolute atomic E-state index is 13.2. The van der Waals surface area contributed by atoms with Gasteiger partial charge in [0, 0.05) is 12.7 Å². The van der Waals surface area contributed by atoms with Crippen molar-refractivity contribution in [3.63, 3.8) is 0 Å². The molecule has 1 aliphatic heterocycles. The van der Waals surface area contributed by atoms with Crippen LogP contribution in [0.4, 0.5) is 4.79 Å². The van der Waals surface area contributed by atoms with Crippen molar-refractivity contribution in [3.05, 3.63) is 24.4 Å². The molecular weight excluding hydrogens is 327 g/mol. The zero-order valence-electron chi connectivity index (χ0n) is 14.8. The van der Waals surface area contributed by atoms with Gasteiger partial charge in [0.2, 0.25) is 0 Å². The normalized spacial score (nSPS) is 22.2. The molecule has 1 heterocycles. The number of carbonyl (C=O) groups is 1. The van der Waals surface area contributed by atoms with Crippen LogP contribution in [-0.2, 0) is 13.6 Å². The Kier molecular flexibility index (Phi) is 7.08. The summed E-state index contributed by atoms with van der Waals surface area (Å²) in [5.74, 6) is -0.598. The van der Waals surface area contributed by atoms with E-state index in [4.69, 9.17) is 9.05 Å². The lowest BCUT2D eigenvalue weighted by Gasteiger charge is -2.28. The largest absolute Gasteiger partial charge is 0.355 e. The number of carbonyl (C=O) groups excluding carboxylic acids is 1. The predicted molar refractivity (Wildman–Crippen MR) is 94.8 cm³/mol. The summed E-state index contributed by atoms with van der Waals surface area (Å²) < 4.78 is 24.3. The van der Waals surface area contributed by atoms with E-state index in [1.807, 2.05) is 6.20 Å². The Labute approximate surface area is 145 Å². The molecular formula is C17H29N2O4P. The van der Waals surface area contributed by atoms with Gasteiger partial charge in [0.1, 0.15) is 0 Å². The topological polar surface area (TPSA) is 59.1 Å². The molecule has 0 bridgehead atoms. The first-order chi connectivity index (χ1) is 11.6. The second kappa shape index (κ2) is 8.84. The van der Waals surface area contributed by atoms with Crippen molar-refractivity contribution in [1.82, 2.24) is 9.80 Å². The number of hydrogen-bond acceptors (Lipinski definition) is 4. The molecule has 2 fully saturated rings. The predicted octanol–water partition coefficient (Wildman–Crippen LogP) is 4.35. The third kappa shape index (κ3) is 4.29. The molecule has 0 aromatic rings. The van der Waals surface area contributed by atoms with Gasteiger partial charge in [-0.25, -0.2) is 4.79 Å². The minimum atomic E-state index is -3.40. The molecule has 1 saturated heterocycles. The molecule has 0 aromatic carbocycles. The van der Waals surface area contributed by atoms with Crippen LogP contribution >= 0.6 is 7.60 Å². The van der Waals surface area contributed by atoms with E-state index in [0.717, 1.165) is 25.7 Å². The second-order valence-corrected chi connectivity index (χ2v) is 8.28. The van der Waals surface area contributed by atoms with E-state index >= 15 is 0 Å². The maximum atomic E-state index is 13.2. The lowest BCUT2D eigenvalue weighted by molar-refractivity contribution is 0.190. The minimum Gasteiger partial charge on any atom is -0.318 e. The Morgan fingerprint density at radius 2 is 1.83 bits per heavy atom. The van der Waals surface area contributed by atoms with Gasteiger partial charge in [-0.2, -0.15) is 0 Å². The van der Waals surface area contributed by atoms with E-state index in [9.17, 15) is 9.36 Å². The summed E-state index contributed by atoms with van der Waals surface area (Å²) in [5, 5.41) is 0. The summed E-state index contributed by atoms with van der Waals surface area (Å²) in [4.78, 5) is 16.0. The first-order valence-electron chi connectivity index (χ1n) is 8.82. The van der Waals surface area contributed by atoms with Crippen molar-refractivity contribution in [1.29, 1.82) is 0 Å². The molecule has 7 heteroatoms. The Bertz CT molecular complexity index is 517. The first-order valence-corrected chi connectivity index (χ1v) is 10.4. The van der Waals surface area contributed by atoms with Crippen LogP contribution < -0.4 is 0 Å². The fourth-order valence-electron chi connectivity index (χ4n) is 3.26. The summed E-state index contributed by atoms with van der Waals surface area (Å²) in [6, 6.07) is -0.155. The summed E-state index contributed by atoms with van der Waals surface area (Å²) in [7, 11) is -3.40. The van der Waals surface area contributed by atoms with Crippen molar-refractivity contribution in [2.45, 2.75) is 51.7 Å². The van der Waals surface area contributed by atoms with Crippen LogP contribution in [0, 0.1) is 0 Å². The van der Waals surface area contributed by atoms with Gasteiger partial charge in [0.15, 0.2) is 5.78 Å². The average molecular weight is 356 g/mol. The maximum Gasteiger partial charge on any atom is 0.355 e. The molecule has 1 atom stereocenters. The molecule has 2 aliphatic rings. The zero-order valence-corrected chi connectivity index (χ0v) is 15.7. The van der Waals surface area contributed by atoms with E-state index in [1.165, 1.54) is 12.0 Å². The van der Waals surface area contributed by atoms with Crippen molar-refractivity contribution >= 4 is 13.6 Å². The summed E-state index contributed by atoms with van der Waals surface area (Å²) in [6.07, 6.45) is 9.07. The van der Waals surface area contributed by atoms with E-state index in [1.54, 1.807) is 29.7 Å². The van der Waals surface area contributed by atoms with Crippen molar-refractivity contribution in [2.24, 2.45) is 0 Å². The van der Waals surface area contributed by atoms with Crippen molar-refractivity contribution < 1.29 is 18.4 Å². The van der Waals surface area contributed by atoms with E-state index in [0.29, 0.717) is 13.1 Å². The number of hydrogen-bond donors (Lipinski definition) is 0. The highest BCUT2D eigenvalue weighted by Gasteiger charge is 2.48. The fraction of sp³-hybridized carbons (Fsp3) is 0.706. The van der Waals surface area contributed by atoms with E-state index in [2.05, 4.69) is 6.58 Å². The standard InChI is InChI=1S/C17H29N2O4P/c1-4-12-18-14-16(24(21,22-5-2)23-6-3)19(17(18)20)13-15-10-8-7-9-11-15/h4,13,16H,1,5-12,14H2,2-3H3. The molecule has 0 spiro atoms. The third-order valence-electron chi connectivity index (χ3n) is 4.35. The van der Waals surface area contributed by atoms with Gasteiger partial charge in [-0.1, -0.05) is 18.1 Å². The van der Waals surface area contributed by atoms with Crippen LogP contribution in [0.2, 0.25) is 0 Å². The third-order valence-corrected chi connectivity index (χ3v) is 6.72. The first kappa shape index (κ1) is 19.2. The van der Waals surface area contributed by atoms with Gasteiger partial charge >= 0.3 is 13.6 Å². The smallest absolute Gasteiger partial charge is 0.318 e. The summed E-state index contributed by atoms with van der Waals surface area (Å²) >= 11 is 0. The van der Waals surface area contributed by atoms with Gasteiger partial charge in [-0.05, 0) is 39.5 Å². The lowest BCUT2D eigenvalue weighted by Crippen LogP contribution is -2.32. The average Bonchev–Trinajstić information content (AvgIpc) is 2.87. The fourth-order valence-corrected chi connectivity index (χ4v) is 5.26. The van der Waals surface area contributed by atoms with Gasteiger partial charge in [0.25, 0.3) is 0 Å². The van der Waals surface area contributed by atoms with Gasteiger partial charge in [-0.15, -0.1) is 6.58 Å². The molecule has 0 aromatic heterocycles. The molecule has 1 saturated carbocycles. The Morgan fingerprint density at radius 1 is 1.21 bits per heavy atom. The molecule has 0 N–H and O–H groups in total. The molecule has 24 heavy (non-hydrogen) atoms. The molecule has 6 nitrogen and oxygen atoms in total. The molecule has 1 unspecified atom stereocenters. The second-order valence-electron chi connectivity index (χ2n) is 6.09. The van der Waals surface area contributed by atoms with Crippen LogP contribution in [-0.4, -0.2) is 47.9 Å². The lowest BCUT2D eigenvalue weighted by atomic mass is 9.96. The van der Waals surface area contributed by atoms with E-state index in [-0.39, 0.29) is 19.2 Å². The number of rotatable bonds is 8. The molecule has 0 radical (unpaired) electrons. The van der Waals surface area contributed by atoms with Crippen LogP contribution in [0.1, 0.15) is 46.0 Å². The highest BCUT2D eigenvalue weighted by Crippen LogP contribution is 2.56. The Morgan fingerprint density at radius 3 is 2.38 bits per heavy atom. The van der Waals surface area contributed by atoms with Crippen molar-refractivity contribution in [3.8, 4) is 0 Å². The zero-order chi connectivity index (χ0) is 17.6. The molecule has 2 amide bonds. The monoisotopic (exact) mass is 356 g/mol. The SMILES string of the molecule is C=CCN1CC(P(=O)(OCC)OCC)N(C=C2CCCCC2)C1=O. The van der Waals surface area contributed by atoms with Gasteiger partial charge in [0.05, 0.1) is 19.8 Å². The van der Waals surface area contributed by atoms with Gasteiger partial charge in [-0.3, -0.25) is 9.46 Å². The van der Waals surface area contributed by atoms with Crippen LogP contribution in [0.15, 0.2) is 24.4 Å². The number of urea groups is 1. The molecule has 136 valence electrons. The number of nitrogens with zero attached hydrogens (tertiary/aromatic N) is 2. The van der Waals surface area contributed by atoms with E-state index < -0.39 is 13.4 Å². The van der Waals surface area contributed by atoms with Crippen LogP contribution in [0.25, 0.3) is 0 Å². The van der Waals surface area contributed by atoms with Crippen LogP contribution in [0.3, 0.4) is 0 Å². The quantitative estimate of drug-likeness (QED) is 0.479. The molecule has 2 rings (SSSR count).